The van der Waals surface area contributed by atoms with Crippen molar-refractivity contribution in [2.24, 2.45) is 0 Å². The molecule has 0 aliphatic carbocycles. The molecule has 3 aromatic rings. The standard InChI is InChI=1S/C26H30O/c1-5-11-20-13-7-9-15-22(20)24-18(3)17-19(4)25(26(24)27)23-16-10-8-14-21(23)12-6-2/h7-10,13-17,27H,5-6,11-12H2,1-4H3. The van der Waals surface area contributed by atoms with E-state index in [0.717, 1.165) is 59.1 Å². The maximum atomic E-state index is 11.4. The molecule has 0 radical (unpaired) electrons. The van der Waals surface area contributed by atoms with Gasteiger partial charge in [-0.05, 0) is 60.1 Å². The van der Waals surface area contributed by atoms with Gasteiger partial charge in [-0.3, -0.25) is 0 Å². The predicted molar refractivity (Wildman–Crippen MR) is 116 cm³/mol. The van der Waals surface area contributed by atoms with Gasteiger partial charge in [0.25, 0.3) is 0 Å². The van der Waals surface area contributed by atoms with Crippen molar-refractivity contribution in [2.75, 3.05) is 0 Å². The van der Waals surface area contributed by atoms with Crippen molar-refractivity contribution >= 4 is 0 Å². The number of aryl methyl sites for hydroxylation is 4. The van der Waals surface area contributed by atoms with Crippen molar-refractivity contribution in [3.05, 3.63) is 76.9 Å². The van der Waals surface area contributed by atoms with Crippen LogP contribution < -0.4 is 0 Å². The molecule has 0 spiro atoms. The van der Waals surface area contributed by atoms with Gasteiger partial charge in [0.2, 0.25) is 0 Å². The zero-order valence-corrected chi connectivity index (χ0v) is 17.0. The van der Waals surface area contributed by atoms with Crippen molar-refractivity contribution < 1.29 is 5.11 Å². The average Bonchev–Trinajstić information content (AvgIpc) is 2.64. The molecule has 1 N–H and O–H groups in total. The molecular formula is C26H30O. The lowest BCUT2D eigenvalue weighted by atomic mass is 9.86. The molecule has 0 aliphatic rings. The van der Waals surface area contributed by atoms with Gasteiger partial charge in [-0.2, -0.15) is 0 Å². The Hall–Kier alpha value is -2.54. The molecule has 0 saturated carbocycles. The molecule has 0 atom stereocenters. The third kappa shape index (κ3) is 3.78. The summed E-state index contributed by atoms with van der Waals surface area (Å²) in [5, 5.41) is 11.4. The summed E-state index contributed by atoms with van der Waals surface area (Å²) in [4.78, 5) is 0. The van der Waals surface area contributed by atoms with E-state index < -0.39 is 0 Å². The van der Waals surface area contributed by atoms with Gasteiger partial charge in [-0.15, -0.1) is 0 Å². The zero-order valence-electron chi connectivity index (χ0n) is 17.0. The normalized spacial score (nSPS) is 11.0. The zero-order chi connectivity index (χ0) is 19.4. The van der Waals surface area contributed by atoms with E-state index in [0.29, 0.717) is 5.75 Å². The minimum absolute atomic E-state index is 0.416. The van der Waals surface area contributed by atoms with Crippen LogP contribution in [0.1, 0.15) is 48.9 Å². The van der Waals surface area contributed by atoms with Gasteiger partial charge in [0, 0.05) is 11.1 Å². The first kappa shape index (κ1) is 19.2. The summed E-state index contributed by atoms with van der Waals surface area (Å²) in [6.07, 6.45) is 4.22. The highest BCUT2D eigenvalue weighted by molar-refractivity contribution is 5.88. The van der Waals surface area contributed by atoms with Crippen LogP contribution in [0, 0.1) is 13.8 Å². The van der Waals surface area contributed by atoms with Gasteiger partial charge >= 0.3 is 0 Å². The summed E-state index contributed by atoms with van der Waals surface area (Å²) in [6.45, 7) is 8.61. The third-order valence-corrected chi connectivity index (χ3v) is 5.31. The second-order valence-corrected chi connectivity index (χ2v) is 7.42. The van der Waals surface area contributed by atoms with Crippen LogP contribution in [0.2, 0.25) is 0 Å². The molecule has 1 heteroatoms. The van der Waals surface area contributed by atoms with Gasteiger partial charge in [0.1, 0.15) is 5.75 Å². The number of rotatable bonds is 6. The Balaban J connectivity index is 2.28. The third-order valence-electron chi connectivity index (χ3n) is 5.31. The molecule has 140 valence electrons. The monoisotopic (exact) mass is 358 g/mol. The van der Waals surface area contributed by atoms with Crippen LogP contribution in [0.4, 0.5) is 0 Å². The Morgan fingerprint density at radius 2 is 1.07 bits per heavy atom. The second-order valence-electron chi connectivity index (χ2n) is 7.42. The van der Waals surface area contributed by atoms with Crippen LogP contribution in [0.5, 0.6) is 5.75 Å². The molecular weight excluding hydrogens is 328 g/mol. The maximum absolute atomic E-state index is 11.4. The second kappa shape index (κ2) is 8.43. The molecule has 0 heterocycles. The molecule has 0 aliphatic heterocycles. The van der Waals surface area contributed by atoms with Crippen LogP contribution in [-0.2, 0) is 12.8 Å². The highest BCUT2D eigenvalue weighted by atomic mass is 16.3. The average molecular weight is 359 g/mol. The number of phenolic OH excluding ortho intramolecular Hbond substituents is 1. The summed E-state index contributed by atoms with van der Waals surface area (Å²) in [7, 11) is 0. The number of hydrogen-bond acceptors (Lipinski definition) is 1. The first-order valence-electron chi connectivity index (χ1n) is 10.1. The van der Waals surface area contributed by atoms with E-state index in [2.05, 4.69) is 82.3 Å². The van der Waals surface area contributed by atoms with Crippen molar-refractivity contribution in [1.82, 2.24) is 0 Å². The molecule has 0 unspecified atom stereocenters. The lowest BCUT2D eigenvalue weighted by Gasteiger charge is -2.20. The SMILES string of the molecule is CCCc1ccccc1-c1c(C)cc(C)c(-c2ccccc2CCC)c1O. The molecule has 0 saturated heterocycles. The summed E-state index contributed by atoms with van der Waals surface area (Å²) in [5.74, 6) is 0.416. The maximum Gasteiger partial charge on any atom is 0.131 e. The summed E-state index contributed by atoms with van der Waals surface area (Å²) in [5.41, 5.74) is 9.13. The van der Waals surface area contributed by atoms with Crippen LogP contribution in [0.25, 0.3) is 22.3 Å². The van der Waals surface area contributed by atoms with Gasteiger partial charge in [-0.1, -0.05) is 81.3 Å². The summed E-state index contributed by atoms with van der Waals surface area (Å²) >= 11 is 0. The first-order chi connectivity index (χ1) is 13.1. The fraction of sp³-hybridized carbons (Fsp3) is 0.308. The number of benzene rings is 3. The Labute approximate surface area is 163 Å². The highest BCUT2D eigenvalue weighted by Gasteiger charge is 2.19. The highest BCUT2D eigenvalue weighted by Crippen LogP contribution is 2.44. The Bertz CT molecular complexity index is 863. The molecule has 0 bridgehead atoms. The minimum Gasteiger partial charge on any atom is -0.507 e. The topological polar surface area (TPSA) is 20.2 Å². The van der Waals surface area contributed by atoms with E-state index in [-0.39, 0.29) is 0 Å². The van der Waals surface area contributed by atoms with Crippen molar-refractivity contribution in [1.29, 1.82) is 0 Å². The Kier molecular flexibility index (Phi) is 6.01. The van der Waals surface area contributed by atoms with Crippen LogP contribution in [-0.4, -0.2) is 5.11 Å². The first-order valence-corrected chi connectivity index (χ1v) is 10.1. The molecule has 3 aromatic carbocycles. The van der Waals surface area contributed by atoms with E-state index in [4.69, 9.17) is 0 Å². The van der Waals surface area contributed by atoms with E-state index >= 15 is 0 Å². The number of hydrogen-bond donors (Lipinski definition) is 1. The van der Waals surface area contributed by atoms with E-state index in [1.54, 1.807) is 0 Å². The lowest BCUT2D eigenvalue weighted by Crippen LogP contribution is -1.97. The van der Waals surface area contributed by atoms with Gasteiger partial charge in [-0.25, -0.2) is 0 Å². The number of aromatic hydroxyl groups is 1. The fourth-order valence-electron chi connectivity index (χ4n) is 4.15. The molecule has 0 aromatic heterocycles. The molecule has 0 fully saturated rings. The van der Waals surface area contributed by atoms with Crippen LogP contribution >= 0.6 is 0 Å². The quantitative estimate of drug-likeness (QED) is 0.492. The van der Waals surface area contributed by atoms with E-state index in [1.807, 2.05) is 0 Å². The molecule has 3 rings (SSSR count). The van der Waals surface area contributed by atoms with Gasteiger partial charge in [0.15, 0.2) is 0 Å². The largest absolute Gasteiger partial charge is 0.507 e. The number of phenols is 1. The lowest BCUT2D eigenvalue weighted by molar-refractivity contribution is 0.478. The van der Waals surface area contributed by atoms with E-state index in [1.165, 1.54) is 11.1 Å². The van der Waals surface area contributed by atoms with Crippen molar-refractivity contribution in [3.8, 4) is 28.0 Å². The fourth-order valence-corrected chi connectivity index (χ4v) is 4.15. The van der Waals surface area contributed by atoms with Gasteiger partial charge in [0.05, 0.1) is 0 Å². The Morgan fingerprint density at radius 1 is 0.667 bits per heavy atom. The molecule has 27 heavy (non-hydrogen) atoms. The van der Waals surface area contributed by atoms with Crippen LogP contribution in [0.3, 0.4) is 0 Å². The summed E-state index contributed by atoms with van der Waals surface area (Å²) in [6, 6.07) is 19.2. The van der Waals surface area contributed by atoms with Crippen molar-refractivity contribution in [2.45, 2.75) is 53.4 Å². The Morgan fingerprint density at radius 3 is 1.48 bits per heavy atom. The smallest absolute Gasteiger partial charge is 0.131 e. The minimum atomic E-state index is 0.416. The van der Waals surface area contributed by atoms with Crippen LogP contribution in [0.15, 0.2) is 54.6 Å². The predicted octanol–water partition coefficient (Wildman–Crippen LogP) is 7.25. The van der Waals surface area contributed by atoms with E-state index in [9.17, 15) is 5.11 Å². The molecule has 0 amide bonds. The summed E-state index contributed by atoms with van der Waals surface area (Å²) < 4.78 is 0. The van der Waals surface area contributed by atoms with Crippen molar-refractivity contribution in [3.63, 3.8) is 0 Å². The van der Waals surface area contributed by atoms with Gasteiger partial charge < -0.3 is 5.11 Å². The molecule has 1 nitrogen and oxygen atoms in total.